The van der Waals surface area contributed by atoms with Gasteiger partial charge in [-0.3, -0.25) is 19.3 Å². The molecule has 0 fully saturated rings. The van der Waals surface area contributed by atoms with Crippen LogP contribution in [0.4, 0.5) is 10.1 Å². The molecule has 0 radical (unpaired) electrons. The standard InChI is InChI=1S/C17H11FN2O5/c18-11-3-1-2-10-15(11)17(23)20(16(10)22)7-14(21)19-9-4-5-12-13(6-9)25-8-24-12/h1-6H,7-8H2,(H,19,21). The smallest absolute Gasteiger partial charge is 0.265 e. The molecule has 0 atom stereocenters. The highest BCUT2D eigenvalue weighted by Crippen LogP contribution is 2.34. The molecule has 126 valence electrons. The minimum Gasteiger partial charge on any atom is -0.454 e. The van der Waals surface area contributed by atoms with Crippen LogP contribution in [0.25, 0.3) is 0 Å². The first-order chi connectivity index (χ1) is 12.0. The number of carbonyl (C=O) groups is 3. The van der Waals surface area contributed by atoms with Gasteiger partial charge in [-0.25, -0.2) is 4.39 Å². The summed E-state index contributed by atoms with van der Waals surface area (Å²) < 4.78 is 24.2. The number of hydrogen-bond donors (Lipinski definition) is 1. The lowest BCUT2D eigenvalue weighted by Crippen LogP contribution is -2.37. The van der Waals surface area contributed by atoms with Crippen LogP contribution >= 0.6 is 0 Å². The van der Waals surface area contributed by atoms with Gasteiger partial charge in [0.05, 0.1) is 11.1 Å². The Morgan fingerprint density at radius 3 is 2.72 bits per heavy atom. The molecule has 0 aromatic heterocycles. The molecule has 0 unspecified atom stereocenters. The number of benzene rings is 2. The number of hydrogen-bond acceptors (Lipinski definition) is 5. The van der Waals surface area contributed by atoms with Crippen LogP contribution < -0.4 is 14.8 Å². The van der Waals surface area contributed by atoms with Crippen LogP contribution in [0.3, 0.4) is 0 Å². The molecule has 2 heterocycles. The Balaban J connectivity index is 1.49. The summed E-state index contributed by atoms with van der Waals surface area (Å²) in [4.78, 5) is 37.3. The topological polar surface area (TPSA) is 84.9 Å². The number of nitrogens with one attached hydrogen (secondary N) is 1. The normalized spacial score (nSPS) is 14.7. The van der Waals surface area contributed by atoms with Crippen LogP contribution in [0.15, 0.2) is 36.4 Å². The van der Waals surface area contributed by atoms with E-state index in [1.54, 1.807) is 18.2 Å². The number of carbonyl (C=O) groups excluding carboxylic acids is 3. The van der Waals surface area contributed by atoms with Gasteiger partial charge >= 0.3 is 0 Å². The highest BCUT2D eigenvalue weighted by atomic mass is 19.1. The van der Waals surface area contributed by atoms with Crippen molar-refractivity contribution >= 4 is 23.4 Å². The summed E-state index contributed by atoms with van der Waals surface area (Å²) in [6, 6.07) is 8.61. The predicted octanol–water partition coefficient (Wildman–Crippen LogP) is 1.79. The fourth-order valence-corrected chi connectivity index (χ4v) is 2.75. The lowest BCUT2D eigenvalue weighted by Gasteiger charge is -2.13. The number of imide groups is 1. The largest absolute Gasteiger partial charge is 0.454 e. The summed E-state index contributed by atoms with van der Waals surface area (Å²) in [7, 11) is 0. The molecule has 2 aromatic carbocycles. The van der Waals surface area contributed by atoms with E-state index < -0.39 is 30.1 Å². The van der Waals surface area contributed by atoms with Crippen molar-refractivity contribution in [1.82, 2.24) is 4.90 Å². The van der Waals surface area contributed by atoms with Gasteiger partial charge in [-0.05, 0) is 24.3 Å². The lowest BCUT2D eigenvalue weighted by molar-refractivity contribution is -0.116. The Bertz CT molecular complexity index is 927. The summed E-state index contributed by atoms with van der Waals surface area (Å²) in [5.74, 6) is -1.84. The van der Waals surface area contributed by atoms with Crippen molar-refractivity contribution in [1.29, 1.82) is 0 Å². The van der Waals surface area contributed by atoms with E-state index in [1.165, 1.54) is 12.1 Å². The van der Waals surface area contributed by atoms with Crippen molar-refractivity contribution in [2.45, 2.75) is 0 Å². The molecule has 3 amide bonds. The van der Waals surface area contributed by atoms with E-state index in [4.69, 9.17) is 9.47 Å². The van der Waals surface area contributed by atoms with Crippen molar-refractivity contribution in [3.05, 3.63) is 53.3 Å². The average molecular weight is 342 g/mol. The summed E-state index contributed by atoms with van der Waals surface area (Å²) in [5.41, 5.74) is 0.0845. The van der Waals surface area contributed by atoms with E-state index in [9.17, 15) is 18.8 Å². The molecule has 1 N–H and O–H groups in total. The molecule has 8 heteroatoms. The molecule has 2 aromatic rings. The monoisotopic (exact) mass is 342 g/mol. The van der Waals surface area contributed by atoms with E-state index >= 15 is 0 Å². The number of halogens is 1. The lowest BCUT2D eigenvalue weighted by atomic mass is 10.1. The van der Waals surface area contributed by atoms with E-state index in [0.717, 1.165) is 11.0 Å². The molecular weight excluding hydrogens is 331 g/mol. The van der Waals surface area contributed by atoms with E-state index in [2.05, 4.69) is 5.32 Å². The van der Waals surface area contributed by atoms with Crippen LogP contribution in [0, 0.1) is 5.82 Å². The van der Waals surface area contributed by atoms with Gasteiger partial charge in [-0.1, -0.05) is 6.07 Å². The van der Waals surface area contributed by atoms with Gasteiger partial charge in [0.1, 0.15) is 12.4 Å². The van der Waals surface area contributed by atoms with Gasteiger partial charge in [0.2, 0.25) is 12.7 Å². The van der Waals surface area contributed by atoms with Crippen molar-refractivity contribution in [3.8, 4) is 11.5 Å². The fourth-order valence-electron chi connectivity index (χ4n) is 2.75. The minimum atomic E-state index is -0.820. The molecular formula is C17H11FN2O5. The van der Waals surface area contributed by atoms with Gasteiger partial charge in [-0.15, -0.1) is 0 Å². The molecule has 7 nitrogen and oxygen atoms in total. The number of ether oxygens (including phenoxy) is 2. The number of rotatable bonds is 3. The fraction of sp³-hybridized carbons (Fsp3) is 0.118. The molecule has 2 aliphatic heterocycles. The third kappa shape index (κ3) is 2.47. The zero-order chi connectivity index (χ0) is 17.6. The first kappa shape index (κ1) is 15.1. The second-order valence-corrected chi connectivity index (χ2v) is 5.48. The summed E-state index contributed by atoms with van der Waals surface area (Å²) in [6.45, 7) is -0.409. The number of anilines is 1. The van der Waals surface area contributed by atoms with Crippen molar-refractivity contribution < 1.29 is 28.2 Å². The number of amides is 3. The van der Waals surface area contributed by atoms with Crippen molar-refractivity contribution in [2.24, 2.45) is 0 Å². The summed E-state index contributed by atoms with van der Waals surface area (Å²) >= 11 is 0. The highest BCUT2D eigenvalue weighted by molar-refractivity contribution is 6.22. The molecule has 0 saturated carbocycles. The molecule has 0 aliphatic carbocycles. The first-order valence-corrected chi connectivity index (χ1v) is 7.39. The molecule has 2 aliphatic rings. The Kier molecular flexibility index (Phi) is 3.38. The molecule has 4 rings (SSSR count). The third-order valence-electron chi connectivity index (χ3n) is 3.91. The Morgan fingerprint density at radius 2 is 1.92 bits per heavy atom. The predicted molar refractivity (Wildman–Crippen MR) is 83.0 cm³/mol. The molecule has 25 heavy (non-hydrogen) atoms. The SMILES string of the molecule is O=C(CN1C(=O)c2cccc(F)c2C1=O)Nc1ccc2c(c1)OCO2. The van der Waals surface area contributed by atoms with Crippen LogP contribution in [-0.4, -0.2) is 36.0 Å². The van der Waals surface area contributed by atoms with E-state index in [0.29, 0.717) is 17.2 Å². The van der Waals surface area contributed by atoms with Crippen molar-refractivity contribution in [2.75, 3.05) is 18.7 Å². The molecule has 0 spiro atoms. The molecule has 0 saturated heterocycles. The van der Waals surface area contributed by atoms with E-state index in [-0.39, 0.29) is 17.9 Å². The second-order valence-electron chi connectivity index (χ2n) is 5.48. The maximum atomic E-state index is 13.8. The first-order valence-electron chi connectivity index (χ1n) is 7.39. The van der Waals surface area contributed by atoms with E-state index in [1.807, 2.05) is 0 Å². The third-order valence-corrected chi connectivity index (χ3v) is 3.91. The van der Waals surface area contributed by atoms with Gasteiger partial charge in [0.15, 0.2) is 11.5 Å². The maximum Gasteiger partial charge on any atom is 0.265 e. The number of nitrogens with zero attached hydrogens (tertiary/aromatic N) is 1. The second kappa shape index (κ2) is 5.59. The zero-order valence-corrected chi connectivity index (χ0v) is 12.7. The van der Waals surface area contributed by atoms with Gasteiger partial charge in [0, 0.05) is 11.8 Å². The Labute approximate surface area is 140 Å². The Hall–Kier alpha value is -3.42. The van der Waals surface area contributed by atoms with Crippen LogP contribution in [0.5, 0.6) is 11.5 Å². The Morgan fingerprint density at radius 1 is 1.12 bits per heavy atom. The molecule has 0 bridgehead atoms. The number of fused-ring (bicyclic) bond motifs is 2. The van der Waals surface area contributed by atoms with Gasteiger partial charge in [0.25, 0.3) is 11.8 Å². The summed E-state index contributed by atoms with van der Waals surface area (Å²) in [5, 5.41) is 2.57. The van der Waals surface area contributed by atoms with Crippen LogP contribution in [0.1, 0.15) is 20.7 Å². The summed E-state index contributed by atoms with van der Waals surface area (Å²) in [6.07, 6.45) is 0. The van der Waals surface area contributed by atoms with Gasteiger partial charge < -0.3 is 14.8 Å². The highest BCUT2D eigenvalue weighted by Gasteiger charge is 2.38. The van der Waals surface area contributed by atoms with Crippen molar-refractivity contribution in [3.63, 3.8) is 0 Å². The maximum absolute atomic E-state index is 13.8. The zero-order valence-electron chi connectivity index (χ0n) is 12.7. The van der Waals surface area contributed by atoms with Crippen LogP contribution in [-0.2, 0) is 4.79 Å². The minimum absolute atomic E-state index is 0.0409. The van der Waals surface area contributed by atoms with Gasteiger partial charge in [-0.2, -0.15) is 0 Å². The average Bonchev–Trinajstić information content (AvgIpc) is 3.14. The quantitative estimate of drug-likeness (QED) is 0.860. The van der Waals surface area contributed by atoms with Crippen LogP contribution in [0.2, 0.25) is 0 Å².